The quantitative estimate of drug-likeness (QED) is 0.576. The maximum Gasteiger partial charge on any atom is 0.0478 e. The van der Waals surface area contributed by atoms with E-state index in [9.17, 15) is 0 Å². The summed E-state index contributed by atoms with van der Waals surface area (Å²) in [6, 6.07) is 19.2. The Kier molecular flexibility index (Phi) is 6.64. The molecule has 0 aromatic heterocycles. The molecule has 0 saturated carbocycles. The van der Waals surface area contributed by atoms with Crippen LogP contribution in [0.3, 0.4) is 0 Å². The monoisotopic (exact) mass is 300 g/mol. The van der Waals surface area contributed by atoms with E-state index in [2.05, 4.69) is 78.9 Å². The highest BCUT2D eigenvalue weighted by molar-refractivity contribution is 7.98. The van der Waals surface area contributed by atoms with Crippen LogP contribution in [0.4, 0.5) is 5.69 Å². The van der Waals surface area contributed by atoms with Gasteiger partial charge in [0.2, 0.25) is 0 Å². The van der Waals surface area contributed by atoms with E-state index in [1.165, 1.54) is 16.1 Å². The number of hydrogen-bond acceptors (Lipinski definition) is 3. The molecule has 0 aliphatic heterocycles. The van der Waals surface area contributed by atoms with Crippen molar-refractivity contribution in [2.45, 2.75) is 17.1 Å². The van der Waals surface area contributed by atoms with Gasteiger partial charge in [-0.1, -0.05) is 42.5 Å². The molecule has 0 unspecified atom stereocenters. The van der Waals surface area contributed by atoms with Crippen molar-refractivity contribution in [3.63, 3.8) is 0 Å². The Labute approximate surface area is 132 Å². The minimum atomic E-state index is 1.01. The normalized spacial score (nSPS) is 10.8. The zero-order valence-corrected chi connectivity index (χ0v) is 13.7. The molecule has 0 bridgehead atoms. The highest BCUT2D eigenvalue weighted by Gasteiger charge is 2.02. The van der Waals surface area contributed by atoms with E-state index in [0.29, 0.717) is 0 Å². The van der Waals surface area contributed by atoms with Crippen molar-refractivity contribution in [3.8, 4) is 0 Å². The summed E-state index contributed by atoms with van der Waals surface area (Å²) >= 11 is 1.89. The summed E-state index contributed by atoms with van der Waals surface area (Å²) in [6.07, 6.45) is 1.16. The summed E-state index contributed by atoms with van der Waals surface area (Å²) in [7, 11) is 4.23. The summed E-state index contributed by atoms with van der Waals surface area (Å²) in [5.41, 5.74) is 2.61. The van der Waals surface area contributed by atoms with E-state index in [-0.39, 0.29) is 0 Å². The molecule has 1 N–H and O–H groups in total. The molecule has 2 rings (SSSR count). The lowest BCUT2D eigenvalue weighted by Crippen LogP contribution is -2.16. The zero-order valence-electron chi connectivity index (χ0n) is 12.9. The lowest BCUT2D eigenvalue weighted by Gasteiger charge is -2.13. The van der Waals surface area contributed by atoms with Crippen molar-refractivity contribution in [1.29, 1.82) is 0 Å². The van der Waals surface area contributed by atoms with Crippen LogP contribution in [0.25, 0.3) is 0 Å². The van der Waals surface area contributed by atoms with Crippen LogP contribution < -0.4 is 5.32 Å². The van der Waals surface area contributed by atoms with Crippen LogP contribution in [0.5, 0.6) is 0 Å². The predicted molar refractivity (Wildman–Crippen MR) is 94.1 cm³/mol. The first kappa shape index (κ1) is 15.9. The standard InChI is InChI=1S/C18H24N2S/c1-20(2)14-8-13-19-17-11-6-7-12-18(17)21-15-16-9-4-3-5-10-16/h3-7,9-12,19H,8,13-15H2,1-2H3. The van der Waals surface area contributed by atoms with Crippen molar-refractivity contribution >= 4 is 17.4 Å². The number of benzene rings is 2. The molecule has 0 radical (unpaired) electrons. The largest absolute Gasteiger partial charge is 0.384 e. The number of anilines is 1. The average molecular weight is 300 g/mol. The lowest BCUT2D eigenvalue weighted by atomic mass is 10.2. The van der Waals surface area contributed by atoms with Gasteiger partial charge in [0.1, 0.15) is 0 Å². The minimum absolute atomic E-state index is 1.01. The van der Waals surface area contributed by atoms with Crippen LogP contribution in [0.2, 0.25) is 0 Å². The molecule has 0 amide bonds. The molecule has 0 spiro atoms. The molecule has 0 aliphatic rings. The van der Waals surface area contributed by atoms with Crippen molar-refractivity contribution in [2.75, 3.05) is 32.5 Å². The highest BCUT2D eigenvalue weighted by Crippen LogP contribution is 2.29. The fourth-order valence-corrected chi connectivity index (χ4v) is 3.08. The molecule has 2 aromatic carbocycles. The first-order valence-electron chi connectivity index (χ1n) is 7.40. The van der Waals surface area contributed by atoms with Gasteiger partial charge >= 0.3 is 0 Å². The molecule has 21 heavy (non-hydrogen) atoms. The second kappa shape index (κ2) is 8.75. The number of nitrogens with zero attached hydrogens (tertiary/aromatic N) is 1. The van der Waals surface area contributed by atoms with Crippen molar-refractivity contribution in [1.82, 2.24) is 4.90 Å². The van der Waals surface area contributed by atoms with Gasteiger partial charge in [0, 0.05) is 22.9 Å². The number of hydrogen-bond donors (Lipinski definition) is 1. The average Bonchev–Trinajstić information content (AvgIpc) is 2.51. The molecule has 0 fully saturated rings. The Morgan fingerprint density at radius 2 is 1.67 bits per heavy atom. The Bertz CT molecular complexity index is 526. The Balaban J connectivity index is 1.87. The first-order valence-corrected chi connectivity index (χ1v) is 8.38. The molecule has 3 heteroatoms. The van der Waals surface area contributed by atoms with Crippen molar-refractivity contribution in [2.24, 2.45) is 0 Å². The summed E-state index contributed by atoms with van der Waals surface area (Å²) in [4.78, 5) is 3.55. The van der Waals surface area contributed by atoms with Gasteiger partial charge in [0.15, 0.2) is 0 Å². The molecule has 2 nitrogen and oxygen atoms in total. The van der Waals surface area contributed by atoms with Crippen LogP contribution in [-0.2, 0) is 5.75 Å². The zero-order chi connectivity index (χ0) is 14.9. The molecule has 112 valence electrons. The van der Waals surface area contributed by atoms with Gasteiger partial charge in [-0.05, 0) is 44.8 Å². The van der Waals surface area contributed by atoms with Gasteiger partial charge in [0.25, 0.3) is 0 Å². The molecular formula is C18H24N2S. The molecular weight excluding hydrogens is 276 g/mol. The van der Waals surface area contributed by atoms with Crippen LogP contribution in [0, 0.1) is 0 Å². The van der Waals surface area contributed by atoms with E-state index in [1.54, 1.807) is 0 Å². The van der Waals surface area contributed by atoms with Gasteiger partial charge < -0.3 is 10.2 Å². The van der Waals surface area contributed by atoms with Crippen LogP contribution >= 0.6 is 11.8 Å². The van der Waals surface area contributed by atoms with Gasteiger partial charge in [-0.25, -0.2) is 0 Å². The highest BCUT2D eigenvalue weighted by atomic mass is 32.2. The maximum absolute atomic E-state index is 3.56. The van der Waals surface area contributed by atoms with E-state index in [0.717, 1.165) is 25.3 Å². The fourth-order valence-electron chi connectivity index (χ4n) is 2.09. The van der Waals surface area contributed by atoms with Gasteiger partial charge in [0.05, 0.1) is 0 Å². The van der Waals surface area contributed by atoms with E-state index >= 15 is 0 Å². The predicted octanol–water partition coefficient (Wildman–Crippen LogP) is 4.34. The van der Waals surface area contributed by atoms with E-state index < -0.39 is 0 Å². The van der Waals surface area contributed by atoms with Gasteiger partial charge in [-0.2, -0.15) is 0 Å². The Morgan fingerprint density at radius 3 is 2.43 bits per heavy atom. The van der Waals surface area contributed by atoms with Crippen LogP contribution in [-0.4, -0.2) is 32.1 Å². The number of thioether (sulfide) groups is 1. The van der Waals surface area contributed by atoms with Crippen molar-refractivity contribution in [3.05, 3.63) is 60.2 Å². The van der Waals surface area contributed by atoms with Gasteiger partial charge in [-0.15, -0.1) is 11.8 Å². The third-order valence-electron chi connectivity index (χ3n) is 3.22. The minimum Gasteiger partial charge on any atom is -0.384 e. The molecule has 2 aromatic rings. The maximum atomic E-state index is 3.56. The number of nitrogens with one attached hydrogen (secondary N) is 1. The van der Waals surface area contributed by atoms with Crippen LogP contribution in [0.15, 0.2) is 59.5 Å². The molecule has 0 heterocycles. The second-order valence-corrected chi connectivity index (χ2v) is 6.37. The lowest BCUT2D eigenvalue weighted by molar-refractivity contribution is 0.405. The second-order valence-electron chi connectivity index (χ2n) is 5.35. The van der Waals surface area contributed by atoms with Gasteiger partial charge in [-0.3, -0.25) is 0 Å². The van der Waals surface area contributed by atoms with E-state index in [1.807, 2.05) is 11.8 Å². The molecule has 0 atom stereocenters. The number of para-hydroxylation sites is 1. The summed E-state index contributed by atoms with van der Waals surface area (Å²) in [6.45, 7) is 2.13. The third-order valence-corrected chi connectivity index (χ3v) is 4.37. The Hall–Kier alpha value is -1.45. The smallest absolute Gasteiger partial charge is 0.0478 e. The summed E-state index contributed by atoms with van der Waals surface area (Å²) in [5, 5.41) is 3.56. The summed E-state index contributed by atoms with van der Waals surface area (Å²) in [5.74, 6) is 1.01. The van der Waals surface area contributed by atoms with E-state index in [4.69, 9.17) is 0 Å². The third kappa shape index (κ3) is 5.82. The molecule has 0 aliphatic carbocycles. The fraction of sp³-hybridized carbons (Fsp3) is 0.333. The topological polar surface area (TPSA) is 15.3 Å². The molecule has 0 saturated heterocycles. The van der Waals surface area contributed by atoms with Crippen LogP contribution in [0.1, 0.15) is 12.0 Å². The Morgan fingerprint density at radius 1 is 0.952 bits per heavy atom. The van der Waals surface area contributed by atoms with Crippen molar-refractivity contribution < 1.29 is 0 Å². The number of rotatable bonds is 8. The first-order chi connectivity index (χ1) is 10.3. The summed E-state index contributed by atoms with van der Waals surface area (Å²) < 4.78 is 0. The SMILES string of the molecule is CN(C)CCCNc1ccccc1SCc1ccccc1.